The SMILES string of the molecule is CN=C(NCCc1ccc(OC)cc1)NCc1nnc2n1CCCCC2.I. The van der Waals surface area contributed by atoms with Crippen LogP contribution in [0.3, 0.4) is 0 Å². The highest BCUT2D eigenvalue weighted by atomic mass is 127. The van der Waals surface area contributed by atoms with Gasteiger partial charge in [-0.15, -0.1) is 34.2 Å². The summed E-state index contributed by atoms with van der Waals surface area (Å²) in [4.78, 5) is 4.29. The Labute approximate surface area is 178 Å². The predicted molar refractivity (Wildman–Crippen MR) is 118 cm³/mol. The molecule has 0 fully saturated rings. The summed E-state index contributed by atoms with van der Waals surface area (Å²) in [5.74, 6) is 3.76. The van der Waals surface area contributed by atoms with Gasteiger partial charge >= 0.3 is 0 Å². The van der Waals surface area contributed by atoms with Crippen molar-refractivity contribution in [2.24, 2.45) is 4.99 Å². The molecule has 3 rings (SSSR count). The van der Waals surface area contributed by atoms with Gasteiger partial charge in [-0.3, -0.25) is 4.99 Å². The van der Waals surface area contributed by atoms with E-state index in [0.717, 1.165) is 49.3 Å². The Hall–Kier alpha value is -1.84. The number of rotatable bonds is 6. The van der Waals surface area contributed by atoms with E-state index >= 15 is 0 Å². The minimum Gasteiger partial charge on any atom is -0.497 e. The summed E-state index contributed by atoms with van der Waals surface area (Å²) in [6, 6.07) is 8.14. The number of nitrogens with zero attached hydrogens (tertiary/aromatic N) is 4. The molecule has 2 aromatic rings. The van der Waals surface area contributed by atoms with E-state index in [4.69, 9.17) is 4.74 Å². The maximum atomic E-state index is 5.19. The van der Waals surface area contributed by atoms with Crippen molar-refractivity contribution in [1.82, 2.24) is 25.4 Å². The van der Waals surface area contributed by atoms with Crippen LogP contribution in [0.5, 0.6) is 5.75 Å². The van der Waals surface area contributed by atoms with E-state index in [9.17, 15) is 0 Å². The van der Waals surface area contributed by atoms with Gasteiger partial charge in [0.05, 0.1) is 13.7 Å². The van der Waals surface area contributed by atoms with Crippen molar-refractivity contribution >= 4 is 29.9 Å². The topological polar surface area (TPSA) is 76.4 Å². The summed E-state index contributed by atoms with van der Waals surface area (Å²) >= 11 is 0. The Kier molecular flexibility index (Phi) is 8.83. The van der Waals surface area contributed by atoms with E-state index in [1.807, 2.05) is 12.1 Å². The Morgan fingerprint density at radius 3 is 2.70 bits per heavy atom. The van der Waals surface area contributed by atoms with Gasteiger partial charge in [0.15, 0.2) is 11.8 Å². The van der Waals surface area contributed by atoms with E-state index in [1.54, 1.807) is 14.2 Å². The van der Waals surface area contributed by atoms with Gasteiger partial charge in [0.2, 0.25) is 0 Å². The van der Waals surface area contributed by atoms with Gasteiger partial charge in [0, 0.05) is 26.6 Å². The van der Waals surface area contributed by atoms with Crippen LogP contribution in [0.15, 0.2) is 29.3 Å². The van der Waals surface area contributed by atoms with Gasteiger partial charge < -0.3 is 19.9 Å². The second kappa shape index (κ2) is 11.1. The fraction of sp³-hybridized carbons (Fsp3) is 0.526. The molecule has 1 aliphatic rings. The van der Waals surface area contributed by atoms with Crippen LogP contribution < -0.4 is 15.4 Å². The molecule has 148 valence electrons. The number of fused-ring (bicyclic) bond motifs is 1. The maximum absolute atomic E-state index is 5.19. The number of halogens is 1. The number of aromatic nitrogens is 3. The number of benzene rings is 1. The average molecular weight is 484 g/mol. The molecule has 0 atom stereocenters. The van der Waals surface area contributed by atoms with E-state index in [-0.39, 0.29) is 24.0 Å². The Balaban J connectivity index is 0.00000261. The molecule has 0 unspecified atom stereocenters. The van der Waals surface area contributed by atoms with Gasteiger partial charge in [-0.2, -0.15) is 0 Å². The van der Waals surface area contributed by atoms with Gasteiger partial charge in [0.25, 0.3) is 0 Å². The standard InChI is InChI=1S/C19H28N6O.HI/c1-20-19(21-12-11-15-7-9-16(26-2)10-8-15)22-14-18-24-23-17-6-4-3-5-13-25(17)18;/h7-10H,3-6,11-14H2,1-2H3,(H2,20,21,22);1H. The third-order valence-electron chi connectivity index (χ3n) is 4.69. The summed E-state index contributed by atoms with van der Waals surface area (Å²) in [6.07, 6.45) is 5.63. The molecule has 0 spiro atoms. The second-order valence-corrected chi connectivity index (χ2v) is 6.45. The molecule has 27 heavy (non-hydrogen) atoms. The summed E-state index contributed by atoms with van der Waals surface area (Å²) in [6.45, 7) is 2.46. The van der Waals surface area contributed by atoms with Crippen LogP contribution in [0.4, 0.5) is 0 Å². The van der Waals surface area contributed by atoms with Gasteiger partial charge in [0.1, 0.15) is 11.6 Å². The zero-order valence-corrected chi connectivity index (χ0v) is 18.4. The lowest BCUT2D eigenvalue weighted by atomic mass is 10.1. The van der Waals surface area contributed by atoms with Crippen molar-refractivity contribution < 1.29 is 4.74 Å². The number of methoxy groups -OCH3 is 1. The van der Waals surface area contributed by atoms with Crippen molar-refractivity contribution in [3.05, 3.63) is 41.5 Å². The lowest BCUT2D eigenvalue weighted by molar-refractivity contribution is 0.414. The number of aliphatic imine (C=N–C) groups is 1. The fourth-order valence-corrected chi connectivity index (χ4v) is 3.18. The van der Waals surface area contributed by atoms with E-state index in [2.05, 4.69) is 42.5 Å². The summed E-state index contributed by atoms with van der Waals surface area (Å²) < 4.78 is 7.44. The lowest BCUT2D eigenvalue weighted by Crippen LogP contribution is -2.38. The van der Waals surface area contributed by atoms with Crippen molar-refractivity contribution in [2.45, 2.75) is 45.2 Å². The van der Waals surface area contributed by atoms with Gasteiger partial charge in [-0.1, -0.05) is 18.6 Å². The Bertz CT molecular complexity index is 728. The molecular formula is C19H29IN6O. The fourth-order valence-electron chi connectivity index (χ4n) is 3.18. The molecule has 1 aromatic carbocycles. The second-order valence-electron chi connectivity index (χ2n) is 6.45. The monoisotopic (exact) mass is 484 g/mol. The van der Waals surface area contributed by atoms with Crippen molar-refractivity contribution in [3.63, 3.8) is 0 Å². The summed E-state index contributed by atoms with van der Waals surface area (Å²) in [5, 5.41) is 15.4. The van der Waals surface area contributed by atoms with Crippen LogP contribution in [-0.4, -0.2) is 41.4 Å². The predicted octanol–water partition coefficient (Wildman–Crippen LogP) is 2.54. The highest BCUT2D eigenvalue weighted by Gasteiger charge is 2.14. The minimum absolute atomic E-state index is 0. The van der Waals surface area contributed by atoms with E-state index in [0.29, 0.717) is 6.54 Å². The smallest absolute Gasteiger partial charge is 0.191 e. The first-order valence-electron chi connectivity index (χ1n) is 9.28. The first kappa shape index (κ1) is 21.5. The first-order valence-corrected chi connectivity index (χ1v) is 9.28. The third-order valence-corrected chi connectivity index (χ3v) is 4.69. The van der Waals surface area contributed by atoms with Crippen molar-refractivity contribution in [2.75, 3.05) is 20.7 Å². The largest absolute Gasteiger partial charge is 0.497 e. The van der Waals surface area contributed by atoms with Crippen LogP contribution >= 0.6 is 24.0 Å². The number of ether oxygens (including phenoxy) is 1. The number of aryl methyl sites for hydroxylation is 1. The van der Waals surface area contributed by atoms with Gasteiger partial charge in [-0.25, -0.2) is 0 Å². The highest BCUT2D eigenvalue weighted by Crippen LogP contribution is 2.14. The molecule has 8 heteroatoms. The molecule has 0 aliphatic carbocycles. The highest BCUT2D eigenvalue weighted by molar-refractivity contribution is 14.0. The minimum atomic E-state index is 0. The Morgan fingerprint density at radius 2 is 1.96 bits per heavy atom. The number of guanidine groups is 1. The molecule has 1 aliphatic heterocycles. The molecular weight excluding hydrogens is 455 g/mol. The van der Waals surface area contributed by atoms with Crippen LogP contribution in [0.2, 0.25) is 0 Å². The normalized spacial score (nSPS) is 13.9. The molecule has 0 radical (unpaired) electrons. The number of nitrogens with one attached hydrogen (secondary N) is 2. The zero-order chi connectivity index (χ0) is 18.2. The zero-order valence-electron chi connectivity index (χ0n) is 16.1. The average Bonchev–Trinajstić information content (AvgIpc) is 2.91. The number of hydrogen-bond acceptors (Lipinski definition) is 4. The third kappa shape index (κ3) is 6.08. The molecule has 0 bridgehead atoms. The lowest BCUT2D eigenvalue weighted by Gasteiger charge is -2.13. The molecule has 2 N–H and O–H groups in total. The molecule has 1 aromatic heterocycles. The molecule has 0 saturated carbocycles. The molecule has 7 nitrogen and oxygen atoms in total. The first-order chi connectivity index (χ1) is 12.8. The Morgan fingerprint density at radius 1 is 1.15 bits per heavy atom. The van der Waals surface area contributed by atoms with Crippen LogP contribution in [-0.2, 0) is 25.9 Å². The van der Waals surface area contributed by atoms with E-state index < -0.39 is 0 Å². The van der Waals surface area contributed by atoms with E-state index in [1.165, 1.54) is 24.8 Å². The van der Waals surface area contributed by atoms with Crippen LogP contribution in [0, 0.1) is 0 Å². The number of hydrogen-bond donors (Lipinski definition) is 2. The van der Waals surface area contributed by atoms with Crippen LogP contribution in [0.25, 0.3) is 0 Å². The summed E-state index contributed by atoms with van der Waals surface area (Å²) in [5.41, 5.74) is 1.26. The molecule has 0 saturated heterocycles. The van der Waals surface area contributed by atoms with Crippen molar-refractivity contribution in [1.29, 1.82) is 0 Å². The molecule has 0 amide bonds. The van der Waals surface area contributed by atoms with Crippen molar-refractivity contribution in [3.8, 4) is 5.75 Å². The molecule has 2 heterocycles. The van der Waals surface area contributed by atoms with Gasteiger partial charge in [-0.05, 0) is 37.0 Å². The quantitative estimate of drug-likeness (QED) is 0.375. The maximum Gasteiger partial charge on any atom is 0.191 e. The van der Waals surface area contributed by atoms with Crippen LogP contribution in [0.1, 0.15) is 36.5 Å². The summed E-state index contributed by atoms with van der Waals surface area (Å²) in [7, 11) is 3.47.